The first-order chi connectivity index (χ1) is 10.1. The molecule has 114 valence electrons. The highest BCUT2D eigenvalue weighted by Gasteiger charge is 2.31. The molecule has 3 rings (SSSR count). The lowest BCUT2D eigenvalue weighted by Gasteiger charge is -2.36. The summed E-state index contributed by atoms with van der Waals surface area (Å²) >= 11 is 0. The second-order valence-electron chi connectivity index (χ2n) is 6.02. The molecule has 1 aromatic rings. The van der Waals surface area contributed by atoms with Crippen LogP contribution in [0.2, 0.25) is 0 Å². The molecule has 0 aromatic heterocycles. The lowest BCUT2D eigenvalue weighted by Crippen LogP contribution is -2.45. The van der Waals surface area contributed by atoms with Gasteiger partial charge in [0.25, 0.3) is 5.91 Å². The Labute approximate surface area is 124 Å². The van der Waals surface area contributed by atoms with Gasteiger partial charge in [-0.2, -0.15) is 0 Å². The van der Waals surface area contributed by atoms with Gasteiger partial charge in [0.2, 0.25) is 0 Å². The van der Waals surface area contributed by atoms with E-state index >= 15 is 0 Å². The Morgan fingerprint density at radius 2 is 2.19 bits per heavy atom. The first kappa shape index (κ1) is 14.3. The molecule has 0 aliphatic carbocycles. The number of hydrogen-bond acceptors (Lipinski definition) is 3. The number of rotatable bonds is 2. The first-order valence-corrected chi connectivity index (χ1v) is 7.66. The van der Waals surface area contributed by atoms with Gasteiger partial charge < -0.3 is 15.3 Å². The van der Waals surface area contributed by atoms with Crippen molar-refractivity contribution in [2.45, 2.75) is 31.7 Å². The van der Waals surface area contributed by atoms with E-state index in [9.17, 15) is 14.3 Å². The van der Waals surface area contributed by atoms with Gasteiger partial charge >= 0.3 is 0 Å². The molecule has 2 N–H and O–H groups in total. The van der Waals surface area contributed by atoms with Crippen LogP contribution < -0.4 is 5.32 Å². The zero-order valence-corrected chi connectivity index (χ0v) is 12.0. The Morgan fingerprint density at radius 1 is 1.33 bits per heavy atom. The van der Waals surface area contributed by atoms with Gasteiger partial charge in [0.05, 0.1) is 5.56 Å². The molecule has 2 aliphatic heterocycles. The maximum Gasteiger partial charge on any atom is 0.257 e. The lowest BCUT2D eigenvalue weighted by atomic mass is 9.89. The van der Waals surface area contributed by atoms with E-state index in [0.29, 0.717) is 25.0 Å². The SMILES string of the molecule is O=C(c1ccc(F)cc1O)N1CCCC(C2CCCN2)C1. The maximum atomic E-state index is 13.0. The van der Waals surface area contributed by atoms with Crippen LogP contribution in [0, 0.1) is 11.7 Å². The number of amides is 1. The minimum Gasteiger partial charge on any atom is -0.507 e. The molecule has 2 unspecified atom stereocenters. The van der Waals surface area contributed by atoms with Crippen LogP contribution in [0.1, 0.15) is 36.0 Å². The number of benzene rings is 1. The van der Waals surface area contributed by atoms with E-state index < -0.39 is 5.82 Å². The number of nitrogens with one attached hydrogen (secondary N) is 1. The summed E-state index contributed by atoms with van der Waals surface area (Å²) in [5.41, 5.74) is 0.191. The molecule has 1 amide bonds. The topological polar surface area (TPSA) is 52.6 Å². The summed E-state index contributed by atoms with van der Waals surface area (Å²) in [6.45, 7) is 2.49. The van der Waals surface area contributed by atoms with Crippen LogP contribution in [-0.2, 0) is 0 Å². The van der Waals surface area contributed by atoms with E-state index in [-0.39, 0.29) is 17.2 Å². The third-order valence-corrected chi connectivity index (χ3v) is 4.60. The van der Waals surface area contributed by atoms with Crippen molar-refractivity contribution < 1.29 is 14.3 Å². The highest BCUT2D eigenvalue weighted by atomic mass is 19.1. The smallest absolute Gasteiger partial charge is 0.257 e. The molecule has 4 nitrogen and oxygen atoms in total. The van der Waals surface area contributed by atoms with Crippen LogP contribution >= 0.6 is 0 Å². The zero-order valence-electron chi connectivity index (χ0n) is 12.0. The third-order valence-electron chi connectivity index (χ3n) is 4.60. The van der Waals surface area contributed by atoms with Gasteiger partial charge in [0, 0.05) is 25.2 Å². The quantitative estimate of drug-likeness (QED) is 0.878. The molecule has 0 saturated carbocycles. The molecule has 5 heteroatoms. The van der Waals surface area contributed by atoms with Crippen molar-refractivity contribution in [2.75, 3.05) is 19.6 Å². The molecule has 2 heterocycles. The fourth-order valence-corrected chi connectivity index (χ4v) is 3.49. The Bertz CT molecular complexity index is 529. The largest absolute Gasteiger partial charge is 0.507 e. The lowest BCUT2D eigenvalue weighted by molar-refractivity contribution is 0.0648. The second-order valence-corrected chi connectivity index (χ2v) is 6.02. The number of nitrogens with zero attached hydrogens (tertiary/aromatic N) is 1. The fraction of sp³-hybridized carbons (Fsp3) is 0.562. The van der Waals surface area contributed by atoms with Gasteiger partial charge in [0.1, 0.15) is 11.6 Å². The van der Waals surface area contributed by atoms with E-state index in [1.807, 2.05) is 0 Å². The minimum atomic E-state index is -0.532. The Kier molecular flexibility index (Phi) is 4.10. The summed E-state index contributed by atoms with van der Waals surface area (Å²) in [7, 11) is 0. The van der Waals surface area contributed by atoms with Crippen LogP contribution in [0.4, 0.5) is 4.39 Å². The molecular weight excluding hydrogens is 271 g/mol. The Balaban J connectivity index is 1.71. The van der Waals surface area contributed by atoms with Crippen molar-refractivity contribution in [1.29, 1.82) is 0 Å². The van der Waals surface area contributed by atoms with Gasteiger partial charge in [-0.25, -0.2) is 4.39 Å². The summed E-state index contributed by atoms with van der Waals surface area (Å²) in [6, 6.07) is 4.08. The highest BCUT2D eigenvalue weighted by molar-refractivity contribution is 5.96. The van der Waals surface area contributed by atoms with Crippen molar-refractivity contribution >= 4 is 5.91 Å². The molecule has 0 bridgehead atoms. The standard InChI is InChI=1S/C16H21FN2O2/c17-12-5-6-13(15(20)9-12)16(21)19-8-2-3-11(10-19)14-4-1-7-18-14/h5-6,9,11,14,18,20H,1-4,7-8,10H2. The van der Waals surface area contributed by atoms with Crippen molar-refractivity contribution in [3.05, 3.63) is 29.6 Å². The molecule has 2 atom stereocenters. The van der Waals surface area contributed by atoms with Crippen LogP contribution in [0.3, 0.4) is 0 Å². The van der Waals surface area contributed by atoms with Gasteiger partial charge in [-0.05, 0) is 50.3 Å². The molecular formula is C16H21FN2O2. The van der Waals surface area contributed by atoms with Crippen molar-refractivity contribution in [1.82, 2.24) is 10.2 Å². The third kappa shape index (κ3) is 3.02. The van der Waals surface area contributed by atoms with Crippen LogP contribution in [-0.4, -0.2) is 41.6 Å². The molecule has 2 aliphatic rings. The van der Waals surface area contributed by atoms with E-state index in [4.69, 9.17) is 0 Å². The predicted octanol–water partition coefficient (Wildman–Crippen LogP) is 2.14. The number of halogens is 1. The van der Waals surface area contributed by atoms with Gasteiger partial charge in [-0.1, -0.05) is 0 Å². The average molecular weight is 292 g/mol. The summed E-state index contributed by atoms with van der Waals surface area (Å²) in [5, 5.41) is 13.3. The summed E-state index contributed by atoms with van der Waals surface area (Å²) in [5.74, 6) is -0.528. The number of hydrogen-bond donors (Lipinski definition) is 2. The molecule has 21 heavy (non-hydrogen) atoms. The van der Waals surface area contributed by atoms with Crippen molar-refractivity contribution in [2.24, 2.45) is 5.92 Å². The van der Waals surface area contributed by atoms with Gasteiger partial charge in [-0.15, -0.1) is 0 Å². The summed E-state index contributed by atoms with van der Waals surface area (Å²) in [4.78, 5) is 14.3. The minimum absolute atomic E-state index is 0.191. The number of likely N-dealkylation sites (tertiary alicyclic amines) is 1. The van der Waals surface area contributed by atoms with Gasteiger partial charge in [0.15, 0.2) is 0 Å². The van der Waals surface area contributed by atoms with Crippen LogP contribution in [0.15, 0.2) is 18.2 Å². The molecule has 2 saturated heterocycles. The predicted molar refractivity (Wildman–Crippen MR) is 77.7 cm³/mol. The number of phenols is 1. The van der Waals surface area contributed by atoms with Crippen molar-refractivity contribution in [3.63, 3.8) is 0 Å². The van der Waals surface area contributed by atoms with E-state index in [0.717, 1.165) is 25.5 Å². The maximum absolute atomic E-state index is 13.0. The van der Waals surface area contributed by atoms with E-state index in [1.165, 1.54) is 25.0 Å². The number of carbonyl (C=O) groups is 1. The molecule has 2 fully saturated rings. The zero-order chi connectivity index (χ0) is 14.8. The normalized spacial score (nSPS) is 26.0. The van der Waals surface area contributed by atoms with Crippen LogP contribution in [0.5, 0.6) is 5.75 Å². The Hall–Kier alpha value is -1.62. The van der Waals surface area contributed by atoms with Crippen LogP contribution in [0.25, 0.3) is 0 Å². The number of carbonyl (C=O) groups excluding carboxylic acids is 1. The van der Waals surface area contributed by atoms with E-state index in [1.54, 1.807) is 4.90 Å². The van der Waals surface area contributed by atoms with Crippen molar-refractivity contribution in [3.8, 4) is 5.75 Å². The summed E-state index contributed by atoms with van der Waals surface area (Å²) in [6.07, 6.45) is 4.50. The van der Waals surface area contributed by atoms with E-state index in [2.05, 4.69) is 5.32 Å². The monoisotopic (exact) mass is 292 g/mol. The summed E-state index contributed by atoms with van der Waals surface area (Å²) < 4.78 is 13.0. The molecule has 1 aromatic carbocycles. The fourth-order valence-electron chi connectivity index (χ4n) is 3.49. The highest BCUT2D eigenvalue weighted by Crippen LogP contribution is 2.27. The average Bonchev–Trinajstić information content (AvgIpc) is 3.01. The molecule has 0 spiro atoms. The van der Waals surface area contributed by atoms with Gasteiger partial charge in [-0.3, -0.25) is 4.79 Å². The second kappa shape index (κ2) is 6.02. The molecule has 0 radical (unpaired) electrons. The first-order valence-electron chi connectivity index (χ1n) is 7.66. The number of aromatic hydroxyl groups is 1. The number of phenolic OH excluding ortho intramolecular Hbond substituents is 1. The number of piperidine rings is 1. The Morgan fingerprint density at radius 3 is 2.90 bits per heavy atom.